The molecule has 0 radical (unpaired) electrons. The molecule has 0 aliphatic heterocycles. The van der Waals surface area contributed by atoms with Gasteiger partial charge in [0.1, 0.15) is 5.65 Å². The molecule has 1 N–H and O–H groups in total. The Kier molecular flexibility index (Phi) is 5.01. The minimum Gasteiger partial charge on any atom is -0.356 e. The number of nitrogens with zero attached hydrogens (tertiary/aromatic N) is 2. The molecule has 3 aromatic rings. The van der Waals surface area contributed by atoms with Gasteiger partial charge in [-0.05, 0) is 48.6 Å². The molecule has 2 aromatic heterocycles. The molecule has 0 fully saturated rings. The molecule has 1 amide bonds. The van der Waals surface area contributed by atoms with E-state index < -0.39 is 0 Å². The maximum Gasteiger partial charge on any atom is 0.220 e. The molecule has 5 heteroatoms. The second kappa shape index (κ2) is 7.74. The van der Waals surface area contributed by atoms with Crippen molar-refractivity contribution in [2.24, 2.45) is 0 Å². The molecule has 1 aromatic carbocycles. The number of hydrogen-bond acceptors (Lipinski definition) is 3. The molecule has 0 saturated carbocycles. The highest BCUT2D eigenvalue weighted by molar-refractivity contribution is 5.98. The number of nitrogens with one attached hydrogen (secondary N) is 1. The van der Waals surface area contributed by atoms with Gasteiger partial charge in [0.05, 0.1) is 5.69 Å². The van der Waals surface area contributed by atoms with Crippen molar-refractivity contribution in [1.29, 1.82) is 0 Å². The fraction of sp³-hybridized carbons (Fsp3) is 0.318. The highest BCUT2D eigenvalue weighted by Crippen LogP contribution is 2.23. The lowest BCUT2D eigenvalue weighted by Crippen LogP contribution is -2.26. The van der Waals surface area contributed by atoms with Crippen LogP contribution in [0.1, 0.15) is 46.4 Å². The number of imidazole rings is 1. The molecule has 0 bridgehead atoms. The molecule has 0 atom stereocenters. The third kappa shape index (κ3) is 4.08. The summed E-state index contributed by atoms with van der Waals surface area (Å²) < 4.78 is 1.96. The van der Waals surface area contributed by atoms with Crippen LogP contribution in [-0.2, 0) is 24.1 Å². The van der Waals surface area contributed by atoms with Crippen LogP contribution in [0.5, 0.6) is 0 Å². The van der Waals surface area contributed by atoms with E-state index >= 15 is 0 Å². The zero-order valence-electron chi connectivity index (χ0n) is 15.3. The number of aromatic nitrogens is 2. The quantitative estimate of drug-likeness (QED) is 0.658. The van der Waals surface area contributed by atoms with Crippen LogP contribution < -0.4 is 5.32 Å². The molecule has 27 heavy (non-hydrogen) atoms. The average molecular weight is 361 g/mol. The lowest BCUT2D eigenvalue weighted by Gasteiger charge is -2.06. The number of aryl methyl sites for hydroxylation is 2. The van der Waals surface area contributed by atoms with E-state index in [1.807, 2.05) is 47.1 Å². The summed E-state index contributed by atoms with van der Waals surface area (Å²) in [4.78, 5) is 28.9. The summed E-state index contributed by atoms with van der Waals surface area (Å²) in [5.41, 5.74) is 5.22. The van der Waals surface area contributed by atoms with Gasteiger partial charge in [-0.1, -0.05) is 18.2 Å². The van der Waals surface area contributed by atoms with Crippen molar-refractivity contribution in [1.82, 2.24) is 14.7 Å². The second-order valence-corrected chi connectivity index (χ2v) is 7.06. The summed E-state index contributed by atoms with van der Waals surface area (Å²) in [5, 5.41) is 2.88. The van der Waals surface area contributed by atoms with Gasteiger partial charge in [0.25, 0.3) is 0 Å². The summed E-state index contributed by atoms with van der Waals surface area (Å²) >= 11 is 0. The third-order valence-corrected chi connectivity index (χ3v) is 5.12. The number of rotatable bonds is 7. The van der Waals surface area contributed by atoms with Gasteiger partial charge in [-0.2, -0.15) is 0 Å². The highest BCUT2D eigenvalue weighted by atomic mass is 16.2. The van der Waals surface area contributed by atoms with Crippen LogP contribution in [0.2, 0.25) is 0 Å². The van der Waals surface area contributed by atoms with Crippen LogP contribution in [0.15, 0.2) is 48.8 Å². The first kappa shape index (κ1) is 17.5. The van der Waals surface area contributed by atoms with Crippen molar-refractivity contribution in [3.05, 3.63) is 71.2 Å². The van der Waals surface area contributed by atoms with Gasteiger partial charge in [-0.15, -0.1) is 0 Å². The zero-order chi connectivity index (χ0) is 18.6. The Hall–Kier alpha value is -2.95. The number of benzene rings is 1. The van der Waals surface area contributed by atoms with Crippen LogP contribution in [0.25, 0.3) is 5.65 Å². The minimum atomic E-state index is -0.0896. The number of ketones is 1. The van der Waals surface area contributed by atoms with E-state index in [1.165, 1.54) is 17.5 Å². The van der Waals surface area contributed by atoms with Crippen LogP contribution in [0.4, 0.5) is 0 Å². The van der Waals surface area contributed by atoms with Gasteiger partial charge in [-0.3, -0.25) is 9.59 Å². The smallest absolute Gasteiger partial charge is 0.220 e. The van der Waals surface area contributed by atoms with Crippen LogP contribution in [-0.4, -0.2) is 27.6 Å². The molecular formula is C22H23N3O2. The molecule has 0 saturated heterocycles. The second-order valence-electron chi connectivity index (χ2n) is 7.06. The fourth-order valence-corrected chi connectivity index (χ4v) is 3.64. The normalized spacial score (nSPS) is 12.9. The van der Waals surface area contributed by atoms with Crippen LogP contribution in [0.3, 0.4) is 0 Å². The standard InChI is InChI=1S/C22H23N3O2/c26-20(18-8-7-16-4-3-5-17(16)14-18)9-10-22(27)23-12-11-19-15-25-13-2-1-6-21(25)24-19/h1-2,6-8,13-15H,3-5,9-12H2,(H,23,27). The molecule has 1 aliphatic carbocycles. The molecular weight excluding hydrogens is 338 g/mol. The predicted molar refractivity (Wildman–Crippen MR) is 104 cm³/mol. The third-order valence-electron chi connectivity index (χ3n) is 5.12. The Morgan fingerprint density at radius 2 is 1.96 bits per heavy atom. The summed E-state index contributed by atoms with van der Waals surface area (Å²) in [6.45, 7) is 0.524. The lowest BCUT2D eigenvalue weighted by atomic mass is 10.0. The van der Waals surface area contributed by atoms with Gasteiger partial charge in [-0.25, -0.2) is 4.98 Å². The molecule has 0 unspecified atom stereocenters. The lowest BCUT2D eigenvalue weighted by molar-refractivity contribution is -0.121. The first-order chi connectivity index (χ1) is 13.2. The van der Waals surface area contributed by atoms with E-state index in [2.05, 4.69) is 16.4 Å². The van der Waals surface area contributed by atoms with Gasteiger partial charge < -0.3 is 9.72 Å². The Labute approximate surface area is 158 Å². The maximum atomic E-state index is 12.4. The largest absolute Gasteiger partial charge is 0.356 e. The number of fused-ring (bicyclic) bond motifs is 2. The number of pyridine rings is 1. The zero-order valence-corrected chi connectivity index (χ0v) is 15.3. The summed E-state index contributed by atoms with van der Waals surface area (Å²) in [5.74, 6) is -0.0477. The average Bonchev–Trinajstić information content (AvgIpc) is 3.31. The van der Waals surface area contributed by atoms with Gasteiger partial charge >= 0.3 is 0 Å². The van der Waals surface area contributed by atoms with Crippen LogP contribution >= 0.6 is 0 Å². The minimum absolute atomic E-state index is 0.0419. The van der Waals surface area contributed by atoms with Crippen molar-refractivity contribution in [3.63, 3.8) is 0 Å². The number of amides is 1. The van der Waals surface area contributed by atoms with Gasteiger partial charge in [0.2, 0.25) is 5.91 Å². The van der Waals surface area contributed by atoms with E-state index in [0.717, 1.165) is 29.7 Å². The molecule has 138 valence electrons. The van der Waals surface area contributed by atoms with Gasteiger partial charge in [0, 0.05) is 43.8 Å². The number of Topliss-reactive ketones (excluding diaryl/α,β-unsaturated/α-hetero) is 1. The van der Waals surface area contributed by atoms with Gasteiger partial charge in [0.15, 0.2) is 5.78 Å². The SMILES string of the molecule is O=C(CCC(=O)c1ccc2c(c1)CCC2)NCCc1cn2ccccc2n1. The summed E-state index contributed by atoms with van der Waals surface area (Å²) in [6, 6.07) is 11.8. The first-order valence-corrected chi connectivity index (χ1v) is 9.53. The molecule has 1 aliphatic rings. The maximum absolute atomic E-state index is 12.4. The Bertz CT molecular complexity index is 957. The summed E-state index contributed by atoms with van der Waals surface area (Å²) in [6.07, 6.45) is 8.40. The monoisotopic (exact) mass is 361 g/mol. The van der Waals surface area contributed by atoms with Crippen molar-refractivity contribution in [2.45, 2.75) is 38.5 Å². The topological polar surface area (TPSA) is 63.5 Å². The number of hydrogen-bond donors (Lipinski definition) is 1. The number of carbonyl (C=O) groups excluding carboxylic acids is 2. The number of carbonyl (C=O) groups is 2. The molecule has 5 nitrogen and oxygen atoms in total. The Morgan fingerprint density at radius 1 is 1.07 bits per heavy atom. The molecule has 4 rings (SSSR count). The van der Waals surface area contributed by atoms with Crippen molar-refractivity contribution in [3.8, 4) is 0 Å². The van der Waals surface area contributed by atoms with Crippen molar-refractivity contribution >= 4 is 17.3 Å². The van der Waals surface area contributed by atoms with E-state index in [-0.39, 0.29) is 24.5 Å². The summed E-state index contributed by atoms with van der Waals surface area (Å²) in [7, 11) is 0. The fourth-order valence-electron chi connectivity index (χ4n) is 3.64. The van der Waals surface area contributed by atoms with E-state index in [0.29, 0.717) is 13.0 Å². The molecule has 0 spiro atoms. The van der Waals surface area contributed by atoms with Crippen LogP contribution in [0, 0.1) is 0 Å². The Balaban J connectivity index is 1.23. The first-order valence-electron chi connectivity index (χ1n) is 9.53. The highest BCUT2D eigenvalue weighted by Gasteiger charge is 2.15. The van der Waals surface area contributed by atoms with Crippen molar-refractivity contribution in [2.75, 3.05) is 6.54 Å². The predicted octanol–water partition coefficient (Wildman–Crippen LogP) is 3.14. The van der Waals surface area contributed by atoms with E-state index in [1.54, 1.807) is 0 Å². The van der Waals surface area contributed by atoms with Crippen molar-refractivity contribution < 1.29 is 9.59 Å². The van der Waals surface area contributed by atoms with E-state index in [4.69, 9.17) is 0 Å². The Morgan fingerprint density at radius 3 is 2.85 bits per heavy atom. The van der Waals surface area contributed by atoms with E-state index in [9.17, 15) is 9.59 Å². The molecule has 2 heterocycles.